The Bertz CT molecular complexity index is 841. The first-order chi connectivity index (χ1) is 11.8. The summed E-state index contributed by atoms with van der Waals surface area (Å²) in [5.41, 5.74) is -0.142. The van der Waals surface area contributed by atoms with Crippen molar-refractivity contribution in [3.63, 3.8) is 0 Å². The van der Waals surface area contributed by atoms with Crippen LogP contribution in [0.4, 0.5) is 11.4 Å². The van der Waals surface area contributed by atoms with Crippen molar-refractivity contribution in [2.45, 2.75) is 13.0 Å². The second-order valence-corrected chi connectivity index (χ2v) is 5.75. The number of halogens is 2. The molecule has 0 aliphatic rings. The van der Waals surface area contributed by atoms with Crippen LogP contribution in [0.25, 0.3) is 0 Å². The van der Waals surface area contributed by atoms with E-state index < -0.39 is 28.6 Å². The molecule has 9 heteroatoms. The predicted octanol–water partition coefficient (Wildman–Crippen LogP) is 4.09. The summed E-state index contributed by atoms with van der Waals surface area (Å²) in [5, 5.41) is 13.6. The topological polar surface area (TPSA) is 98.5 Å². The van der Waals surface area contributed by atoms with E-state index in [2.05, 4.69) is 5.32 Å². The lowest BCUT2D eigenvalue weighted by molar-refractivity contribution is -0.384. The van der Waals surface area contributed by atoms with Gasteiger partial charge in [0.1, 0.15) is 5.02 Å². The maximum absolute atomic E-state index is 12.1. The largest absolute Gasteiger partial charge is 0.449 e. The van der Waals surface area contributed by atoms with E-state index in [4.69, 9.17) is 27.9 Å². The highest BCUT2D eigenvalue weighted by molar-refractivity contribution is 6.33. The van der Waals surface area contributed by atoms with Gasteiger partial charge >= 0.3 is 5.97 Å². The number of amides is 1. The molecule has 0 saturated carbocycles. The van der Waals surface area contributed by atoms with Gasteiger partial charge < -0.3 is 10.1 Å². The zero-order chi connectivity index (χ0) is 18.6. The van der Waals surface area contributed by atoms with E-state index in [1.807, 2.05) is 0 Å². The van der Waals surface area contributed by atoms with Gasteiger partial charge in [0, 0.05) is 6.07 Å². The number of nitrogens with one attached hydrogen (secondary N) is 1. The van der Waals surface area contributed by atoms with Crippen molar-refractivity contribution in [3.05, 3.63) is 68.2 Å². The summed E-state index contributed by atoms with van der Waals surface area (Å²) in [7, 11) is 0. The first kappa shape index (κ1) is 18.7. The van der Waals surface area contributed by atoms with E-state index in [0.717, 1.165) is 6.07 Å². The van der Waals surface area contributed by atoms with E-state index in [1.54, 1.807) is 24.3 Å². The van der Waals surface area contributed by atoms with Gasteiger partial charge in [-0.15, -0.1) is 0 Å². The number of esters is 1. The minimum Gasteiger partial charge on any atom is -0.449 e. The van der Waals surface area contributed by atoms with Gasteiger partial charge in [-0.25, -0.2) is 4.79 Å². The fourth-order valence-corrected chi connectivity index (χ4v) is 2.23. The number of hydrogen-bond acceptors (Lipinski definition) is 5. The molecular weight excluding hydrogens is 371 g/mol. The van der Waals surface area contributed by atoms with Crippen molar-refractivity contribution in [3.8, 4) is 0 Å². The molecule has 1 N–H and O–H groups in total. The molecule has 0 bridgehead atoms. The minimum absolute atomic E-state index is 0.0894. The van der Waals surface area contributed by atoms with Gasteiger partial charge in [-0.2, -0.15) is 0 Å². The normalized spacial score (nSPS) is 11.5. The molecule has 1 atom stereocenters. The summed E-state index contributed by atoms with van der Waals surface area (Å²) in [6, 6.07) is 10.1. The third kappa shape index (κ3) is 4.68. The Morgan fingerprint density at radius 3 is 2.48 bits per heavy atom. The molecule has 0 aliphatic carbocycles. The number of para-hydroxylation sites is 1. The van der Waals surface area contributed by atoms with Gasteiger partial charge in [0.05, 0.1) is 21.2 Å². The van der Waals surface area contributed by atoms with Gasteiger partial charge in [-0.1, -0.05) is 35.3 Å². The van der Waals surface area contributed by atoms with E-state index in [9.17, 15) is 19.7 Å². The van der Waals surface area contributed by atoms with Crippen molar-refractivity contribution in [2.24, 2.45) is 0 Å². The maximum Gasteiger partial charge on any atom is 0.339 e. The third-order valence-electron chi connectivity index (χ3n) is 3.16. The zero-order valence-electron chi connectivity index (χ0n) is 12.9. The summed E-state index contributed by atoms with van der Waals surface area (Å²) in [5.74, 6) is -1.48. The minimum atomic E-state index is -1.14. The van der Waals surface area contributed by atoms with Crippen LogP contribution in [-0.4, -0.2) is 22.9 Å². The van der Waals surface area contributed by atoms with Gasteiger partial charge in [-0.05, 0) is 31.2 Å². The summed E-state index contributed by atoms with van der Waals surface area (Å²) in [4.78, 5) is 34.3. The van der Waals surface area contributed by atoms with Crippen molar-refractivity contribution < 1.29 is 19.2 Å². The molecule has 2 aromatic carbocycles. The molecule has 7 nitrogen and oxygen atoms in total. The fraction of sp³-hybridized carbons (Fsp3) is 0.125. The lowest BCUT2D eigenvalue weighted by Gasteiger charge is -2.14. The molecule has 25 heavy (non-hydrogen) atoms. The quantitative estimate of drug-likeness (QED) is 0.477. The molecule has 0 spiro atoms. The zero-order valence-corrected chi connectivity index (χ0v) is 14.4. The number of hydrogen-bond donors (Lipinski definition) is 1. The highest BCUT2D eigenvalue weighted by Gasteiger charge is 2.22. The molecule has 0 unspecified atom stereocenters. The van der Waals surface area contributed by atoms with E-state index in [1.165, 1.54) is 19.1 Å². The highest BCUT2D eigenvalue weighted by atomic mass is 35.5. The van der Waals surface area contributed by atoms with E-state index >= 15 is 0 Å². The van der Waals surface area contributed by atoms with Crippen molar-refractivity contribution >= 4 is 46.5 Å². The summed E-state index contributed by atoms with van der Waals surface area (Å²) < 4.78 is 5.03. The molecule has 0 fully saturated rings. The molecule has 0 aliphatic heterocycles. The van der Waals surface area contributed by atoms with Gasteiger partial charge in [0.15, 0.2) is 6.10 Å². The van der Waals surface area contributed by atoms with Gasteiger partial charge in [0.25, 0.3) is 11.6 Å². The third-order valence-corrected chi connectivity index (χ3v) is 3.81. The lowest BCUT2D eigenvalue weighted by atomic mass is 10.2. The Morgan fingerprint density at radius 2 is 1.84 bits per heavy atom. The Hall–Kier alpha value is -2.64. The summed E-state index contributed by atoms with van der Waals surface area (Å²) in [6.45, 7) is 1.37. The van der Waals surface area contributed by atoms with Crippen molar-refractivity contribution in [1.82, 2.24) is 0 Å². The number of benzene rings is 2. The SMILES string of the molecule is C[C@@H](OC(=O)c1ccc(Cl)c([N+](=O)[O-])c1)C(=O)Nc1ccccc1Cl. The fourth-order valence-electron chi connectivity index (χ4n) is 1.86. The number of nitrogens with zero attached hydrogens (tertiary/aromatic N) is 1. The van der Waals surface area contributed by atoms with Crippen molar-refractivity contribution in [1.29, 1.82) is 0 Å². The van der Waals surface area contributed by atoms with Crippen LogP contribution in [0.5, 0.6) is 0 Å². The average molecular weight is 383 g/mol. The van der Waals surface area contributed by atoms with Gasteiger partial charge in [0.2, 0.25) is 0 Å². The summed E-state index contributed by atoms with van der Waals surface area (Å²) >= 11 is 11.6. The first-order valence-corrected chi connectivity index (χ1v) is 7.75. The van der Waals surface area contributed by atoms with Crippen LogP contribution in [0.1, 0.15) is 17.3 Å². The molecule has 2 rings (SSSR count). The van der Waals surface area contributed by atoms with E-state index in [-0.39, 0.29) is 10.6 Å². The lowest BCUT2D eigenvalue weighted by Crippen LogP contribution is -2.30. The number of ether oxygens (including phenoxy) is 1. The summed E-state index contributed by atoms with van der Waals surface area (Å²) in [6.07, 6.45) is -1.14. The number of anilines is 1. The van der Waals surface area contributed by atoms with Crippen LogP contribution in [0.15, 0.2) is 42.5 Å². The van der Waals surface area contributed by atoms with Crippen LogP contribution < -0.4 is 5.32 Å². The molecule has 0 saturated heterocycles. The molecule has 2 aromatic rings. The van der Waals surface area contributed by atoms with Crippen LogP contribution in [0.3, 0.4) is 0 Å². The molecule has 0 aromatic heterocycles. The van der Waals surface area contributed by atoms with Gasteiger partial charge in [-0.3, -0.25) is 14.9 Å². The number of carbonyl (C=O) groups is 2. The Morgan fingerprint density at radius 1 is 1.16 bits per heavy atom. The molecule has 0 radical (unpaired) electrons. The Labute approximate surface area is 152 Å². The van der Waals surface area contributed by atoms with Crippen LogP contribution in [0, 0.1) is 10.1 Å². The van der Waals surface area contributed by atoms with Crippen molar-refractivity contribution in [2.75, 3.05) is 5.32 Å². The first-order valence-electron chi connectivity index (χ1n) is 7.00. The molecular formula is C16H12Cl2N2O5. The second kappa shape index (κ2) is 7.96. The number of carbonyl (C=O) groups excluding carboxylic acids is 2. The average Bonchev–Trinajstić information content (AvgIpc) is 2.56. The van der Waals surface area contributed by atoms with E-state index in [0.29, 0.717) is 10.7 Å². The second-order valence-electron chi connectivity index (χ2n) is 4.94. The number of nitro benzene ring substituents is 1. The standard InChI is InChI=1S/C16H12Cl2N2O5/c1-9(15(21)19-13-5-3-2-4-11(13)17)25-16(22)10-6-7-12(18)14(8-10)20(23)24/h2-9H,1H3,(H,19,21)/t9-/m1/s1. The predicted molar refractivity (Wildman–Crippen MR) is 93.1 cm³/mol. The van der Waals surface area contributed by atoms with Crippen LogP contribution in [-0.2, 0) is 9.53 Å². The maximum atomic E-state index is 12.1. The van der Waals surface area contributed by atoms with Crippen LogP contribution >= 0.6 is 23.2 Å². The molecule has 130 valence electrons. The Kier molecular flexibility index (Phi) is 5.95. The highest BCUT2D eigenvalue weighted by Crippen LogP contribution is 2.25. The smallest absolute Gasteiger partial charge is 0.339 e. The Balaban J connectivity index is 2.07. The number of nitro groups is 1. The molecule has 0 heterocycles. The molecule has 1 amide bonds. The monoisotopic (exact) mass is 382 g/mol. The number of rotatable bonds is 5. The van der Waals surface area contributed by atoms with Crippen LogP contribution in [0.2, 0.25) is 10.0 Å².